The van der Waals surface area contributed by atoms with Crippen molar-refractivity contribution >= 4 is 17.5 Å². The Labute approximate surface area is 127 Å². The summed E-state index contributed by atoms with van der Waals surface area (Å²) in [4.78, 5) is 27.9. The lowest BCUT2D eigenvalue weighted by Crippen LogP contribution is -2.42. The maximum absolute atomic E-state index is 12.3. The van der Waals surface area contributed by atoms with Crippen LogP contribution in [-0.2, 0) is 4.79 Å². The van der Waals surface area contributed by atoms with E-state index >= 15 is 0 Å². The van der Waals surface area contributed by atoms with Gasteiger partial charge in [-0.05, 0) is 17.7 Å². The molecule has 3 N–H and O–H groups in total. The number of hydrogen-bond donors (Lipinski definition) is 2. The number of terminal acetylenes is 1. The van der Waals surface area contributed by atoms with E-state index in [0.717, 1.165) is 0 Å². The highest BCUT2D eigenvalue weighted by Gasteiger charge is 2.17. The topological polar surface area (TPSA) is 124 Å². The summed E-state index contributed by atoms with van der Waals surface area (Å²) in [5, 5.41) is 5.99. The molecule has 8 heteroatoms. The number of nitrogens with one attached hydrogen (secondary N) is 1. The molecule has 2 amide bonds. The van der Waals surface area contributed by atoms with E-state index in [-0.39, 0.29) is 24.9 Å². The average Bonchev–Trinajstić information content (AvgIpc) is 2.53. The Hall–Kier alpha value is -3.01. The quantitative estimate of drug-likeness (QED) is 0.334. The fraction of sp³-hybridized carbons (Fsp3) is 0.286. The highest BCUT2D eigenvalue weighted by molar-refractivity contribution is 5.96. The van der Waals surface area contributed by atoms with Crippen molar-refractivity contribution in [3.63, 3.8) is 0 Å². The second kappa shape index (κ2) is 9.02. The predicted octanol–water partition coefficient (Wildman–Crippen LogP) is 0.779. The summed E-state index contributed by atoms with van der Waals surface area (Å²) in [6.45, 7) is 0.502. The van der Waals surface area contributed by atoms with Crippen LogP contribution in [0.1, 0.15) is 10.4 Å². The Morgan fingerprint density at radius 3 is 2.64 bits per heavy atom. The molecular formula is C14H16N6O2. The first-order chi connectivity index (χ1) is 10.6. The van der Waals surface area contributed by atoms with Gasteiger partial charge in [-0.3, -0.25) is 9.59 Å². The molecular weight excluding hydrogens is 284 g/mol. The summed E-state index contributed by atoms with van der Waals surface area (Å²) in [6, 6.07) is 6.03. The van der Waals surface area contributed by atoms with Crippen LogP contribution < -0.4 is 11.1 Å². The zero-order chi connectivity index (χ0) is 16.4. The van der Waals surface area contributed by atoms with Crippen LogP contribution >= 0.6 is 0 Å². The van der Waals surface area contributed by atoms with Gasteiger partial charge in [0.1, 0.15) is 6.54 Å². The first-order valence-corrected chi connectivity index (χ1v) is 6.47. The fourth-order valence-corrected chi connectivity index (χ4v) is 1.66. The molecule has 0 spiro atoms. The van der Waals surface area contributed by atoms with Gasteiger partial charge in [-0.1, -0.05) is 23.2 Å². The van der Waals surface area contributed by atoms with Gasteiger partial charge in [0, 0.05) is 29.3 Å². The van der Waals surface area contributed by atoms with Gasteiger partial charge in [0.25, 0.3) is 5.91 Å². The van der Waals surface area contributed by atoms with Crippen molar-refractivity contribution in [1.29, 1.82) is 0 Å². The number of rotatable bonds is 7. The van der Waals surface area contributed by atoms with Crippen molar-refractivity contribution in [2.75, 3.05) is 26.2 Å². The third-order valence-corrected chi connectivity index (χ3v) is 2.64. The normalized spacial score (nSPS) is 9.27. The number of carbonyl (C=O) groups excluding carboxylic acids is 2. The van der Waals surface area contributed by atoms with Crippen LogP contribution in [0.2, 0.25) is 0 Å². The van der Waals surface area contributed by atoms with Gasteiger partial charge < -0.3 is 16.0 Å². The van der Waals surface area contributed by atoms with Crippen molar-refractivity contribution in [2.24, 2.45) is 10.8 Å². The number of azide groups is 1. The van der Waals surface area contributed by atoms with Crippen LogP contribution in [-0.4, -0.2) is 42.9 Å². The Kier molecular flexibility index (Phi) is 6.99. The molecule has 1 rings (SSSR count). The molecule has 0 bridgehead atoms. The minimum Gasteiger partial charge on any atom is -0.353 e. The predicted molar refractivity (Wildman–Crippen MR) is 82.0 cm³/mol. The van der Waals surface area contributed by atoms with Crippen molar-refractivity contribution in [1.82, 2.24) is 10.2 Å². The van der Waals surface area contributed by atoms with Crippen molar-refractivity contribution in [3.05, 3.63) is 40.3 Å². The Balaban J connectivity index is 2.81. The molecule has 0 heterocycles. The zero-order valence-electron chi connectivity index (χ0n) is 11.9. The molecule has 8 nitrogen and oxygen atoms in total. The van der Waals surface area contributed by atoms with Crippen LogP contribution in [0.25, 0.3) is 10.4 Å². The second-order valence-electron chi connectivity index (χ2n) is 4.24. The molecule has 0 unspecified atom stereocenters. The number of carbonyl (C=O) groups is 2. The maximum atomic E-state index is 12.3. The standard InChI is InChI=1S/C14H16N6O2/c1-2-9-20(10-13(21)17-8-7-15)14(22)11-3-5-12(6-4-11)18-19-16/h1,3-6H,7-10,15H2,(H,17,21). The van der Waals surface area contributed by atoms with E-state index < -0.39 is 0 Å². The van der Waals surface area contributed by atoms with Gasteiger partial charge in [0.2, 0.25) is 5.91 Å². The average molecular weight is 300 g/mol. The van der Waals surface area contributed by atoms with E-state index in [1.165, 1.54) is 29.2 Å². The van der Waals surface area contributed by atoms with Crippen LogP contribution in [0.4, 0.5) is 5.69 Å². The highest BCUT2D eigenvalue weighted by atomic mass is 16.2. The number of nitrogens with zero attached hydrogens (tertiary/aromatic N) is 4. The smallest absolute Gasteiger partial charge is 0.255 e. The summed E-state index contributed by atoms with van der Waals surface area (Å²) in [7, 11) is 0. The van der Waals surface area contributed by atoms with E-state index in [9.17, 15) is 9.59 Å². The summed E-state index contributed by atoms with van der Waals surface area (Å²) in [5.41, 5.74) is 14.4. The molecule has 114 valence electrons. The third-order valence-electron chi connectivity index (χ3n) is 2.64. The number of hydrogen-bond acceptors (Lipinski definition) is 4. The first-order valence-electron chi connectivity index (χ1n) is 6.47. The highest BCUT2D eigenvalue weighted by Crippen LogP contribution is 2.14. The minimum absolute atomic E-state index is 0.00692. The third kappa shape index (κ3) is 5.17. The lowest BCUT2D eigenvalue weighted by Gasteiger charge is -2.19. The number of benzene rings is 1. The largest absolute Gasteiger partial charge is 0.353 e. The molecule has 0 saturated heterocycles. The van der Waals surface area contributed by atoms with Gasteiger partial charge >= 0.3 is 0 Å². The molecule has 0 aromatic heterocycles. The lowest BCUT2D eigenvalue weighted by atomic mass is 10.2. The first kappa shape index (κ1) is 17.0. The van der Waals surface area contributed by atoms with Crippen molar-refractivity contribution in [3.8, 4) is 12.3 Å². The van der Waals surface area contributed by atoms with Crippen LogP contribution in [0.5, 0.6) is 0 Å². The van der Waals surface area contributed by atoms with Crippen molar-refractivity contribution in [2.45, 2.75) is 0 Å². The molecule has 0 saturated carbocycles. The number of amides is 2. The Morgan fingerprint density at radius 1 is 1.41 bits per heavy atom. The van der Waals surface area contributed by atoms with Gasteiger partial charge in [0.05, 0.1) is 6.54 Å². The lowest BCUT2D eigenvalue weighted by molar-refractivity contribution is -0.121. The minimum atomic E-state index is -0.381. The SMILES string of the molecule is C#CCN(CC(=O)NCCN)C(=O)c1ccc(N=[N+]=[N-])cc1. The van der Waals surface area contributed by atoms with Crippen LogP contribution in [0.3, 0.4) is 0 Å². The molecule has 0 radical (unpaired) electrons. The summed E-state index contributed by atoms with van der Waals surface area (Å²) < 4.78 is 0. The second-order valence-corrected chi connectivity index (χ2v) is 4.24. The number of nitrogens with two attached hydrogens (primary N) is 1. The van der Waals surface area contributed by atoms with Gasteiger partial charge in [-0.15, -0.1) is 6.42 Å². The molecule has 22 heavy (non-hydrogen) atoms. The molecule has 0 aliphatic carbocycles. The monoisotopic (exact) mass is 300 g/mol. The van der Waals surface area contributed by atoms with E-state index in [0.29, 0.717) is 24.3 Å². The fourth-order valence-electron chi connectivity index (χ4n) is 1.66. The maximum Gasteiger partial charge on any atom is 0.255 e. The summed E-state index contributed by atoms with van der Waals surface area (Å²) in [5.74, 6) is 1.63. The molecule has 1 aromatic rings. The molecule has 0 aliphatic heterocycles. The Morgan fingerprint density at radius 2 is 2.09 bits per heavy atom. The zero-order valence-corrected chi connectivity index (χ0v) is 11.9. The van der Waals surface area contributed by atoms with Crippen LogP contribution in [0, 0.1) is 12.3 Å². The van der Waals surface area contributed by atoms with Crippen molar-refractivity contribution < 1.29 is 9.59 Å². The molecule has 1 aromatic carbocycles. The van der Waals surface area contributed by atoms with E-state index in [1.54, 1.807) is 0 Å². The van der Waals surface area contributed by atoms with E-state index in [2.05, 4.69) is 21.3 Å². The van der Waals surface area contributed by atoms with Gasteiger partial charge in [0.15, 0.2) is 0 Å². The molecule has 0 atom stereocenters. The Bertz CT molecular complexity index is 613. The molecule has 0 fully saturated rings. The van der Waals surface area contributed by atoms with E-state index in [4.69, 9.17) is 17.7 Å². The van der Waals surface area contributed by atoms with E-state index in [1.807, 2.05) is 0 Å². The van der Waals surface area contributed by atoms with Gasteiger partial charge in [-0.25, -0.2) is 0 Å². The van der Waals surface area contributed by atoms with Crippen LogP contribution in [0.15, 0.2) is 29.4 Å². The summed E-state index contributed by atoms with van der Waals surface area (Å²) in [6.07, 6.45) is 5.23. The summed E-state index contributed by atoms with van der Waals surface area (Å²) >= 11 is 0. The molecule has 0 aliphatic rings. The van der Waals surface area contributed by atoms with Gasteiger partial charge in [-0.2, -0.15) is 0 Å².